The molecule has 4 nitrogen and oxygen atoms in total. The lowest BCUT2D eigenvalue weighted by molar-refractivity contribution is -0.385. The second-order valence-electron chi connectivity index (χ2n) is 5.61. The summed E-state index contributed by atoms with van der Waals surface area (Å²) in [6.45, 7) is 3.68. The lowest BCUT2D eigenvalue weighted by atomic mass is 9.97. The molecule has 1 aliphatic carbocycles. The standard InChI is InChI=1S/C13H15F3N2O2/c1-12(2,8-3-4-8)17-11-6-5-9(18(19)20)7-10(11)13(14,15)16/h5-8,17H,3-4H2,1-2H3. The van der Waals surface area contributed by atoms with Crippen molar-refractivity contribution in [1.29, 1.82) is 0 Å². The fraction of sp³-hybridized carbons (Fsp3) is 0.538. The number of nitrogens with zero attached hydrogens (tertiary/aromatic N) is 1. The van der Waals surface area contributed by atoms with E-state index in [9.17, 15) is 23.3 Å². The van der Waals surface area contributed by atoms with Gasteiger partial charge in [-0.1, -0.05) is 0 Å². The third-order valence-electron chi connectivity index (χ3n) is 3.57. The normalized spacial score (nSPS) is 16.1. The van der Waals surface area contributed by atoms with Crippen LogP contribution in [0.4, 0.5) is 24.5 Å². The molecule has 0 radical (unpaired) electrons. The molecule has 0 bridgehead atoms. The monoisotopic (exact) mass is 288 g/mol. The fourth-order valence-electron chi connectivity index (χ4n) is 2.24. The summed E-state index contributed by atoms with van der Waals surface area (Å²) in [6, 6.07) is 2.79. The Hall–Kier alpha value is -1.79. The maximum absolute atomic E-state index is 13.0. The maximum Gasteiger partial charge on any atom is 0.418 e. The van der Waals surface area contributed by atoms with Gasteiger partial charge in [-0.2, -0.15) is 13.2 Å². The van der Waals surface area contributed by atoms with E-state index in [1.54, 1.807) is 0 Å². The average molecular weight is 288 g/mol. The van der Waals surface area contributed by atoms with Crippen LogP contribution in [0.25, 0.3) is 0 Å². The second-order valence-corrected chi connectivity index (χ2v) is 5.61. The first-order chi connectivity index (χ1) is 9.11. The highest BCUT2D eigenvalue weighted by Gasteiger charge is 2.41. The van der Waals surface area contributed by atoms with Crippen molar-refractivity contribution in [3.8, 4) is 0 Å². The Morgan fingerprint density at radius 1 is 1.30 bits per heavy atom. The summed E-state index contributed by atoms with van der Waals surface area (Å²) in [7, 11) is 0. The molecule has 1 aromatic rings. The first kappa shape index (κ1) is 14.6. The molecule has 1 N–H and O–H groups in total. The number of nitrogens with one attached hydrogen (secondary N) is 1. The molecule has 1 aliphatic rings. The summed E-state index contributed by atoms with van der Waals surface area (Å²) in [5.41, 5.74) is -2.14. The predicted octanol–water partition coefficient (Wildman–Crippen LogP) is 4.21. The molecule has 0 amide bonds. The van der Waals surface area contributed by atoms with E-state index < -0.39 is 27.9 Å². The van der Waals surface area contributed by atoms with Gasteiger partial charge in [0.2, 0.25) is 0 Å². The lowest BCUT2D eigenvalue weighted by Gasteiger charge is -2.29. The molecular formula is C13H15F3N2O2. The number of benzene rings is 1. The fourth-order valence-corrected chi connectivity index (χ4v) is 2.24. The summed E-state index contributed by atoms with van der Waals surface area (Å²) in [5.74, 6) is 0.332. The van der Waals surface area contributed by atoms with Gasteiger partial charge in [0.05, 0.1) is 10.5 Å². The number of non-ortho nitro benzene ring substituents is 1. The van der Waals surface area contributed by atoms with E-state index in [-0.39, 0.29) is 5.69 Å². The van der Waals surface area contributed by atoms with Crippen LogP contribution in [-0.4, -0.2) is 10.5 Å². The molecule has 0 unspecified atom stereocenters. The van der Waals surface area contributed by atoms with Gasteiger partial charge in [-0.15, -0.1) is 0 Å². The van der Waals surface area contributed by atoms with Crippen LogP contribution < -0.4 is 5.32 Å². The summed E-state index contributed by atoms with van der Waals surface area (Å²) < 4.78 is 39.1. The summed E-state index contributed by atoms with van der Waals surface area (Å²) >= 11 is 0. The second kappa shape index (κ2) is 4.64. The lowest BCUT2D eigenvalue weighted by Crippen LogP contribution is -2.34. The van der Waals surface area contributed by atoms with Crippen molar-refractivity contribution in [3.05, 3.63) is 33.9 Å². The predicted molar refractivity (Wildman–Crippen MR) is 68.5 cm³/mol. The summed E-state index contributed by atoms with van der Waals surface area (Å²) in [5, 5.41) is 13.5. The highest BCUT2D eigenvalue weighted by atomic mass is 19.4. The first-order valence-corrected chi connectivity index (χ1v) is 6.25. The van der Waals surface area contributed by atoms with Gasteiger partial charge in [0, 0.05) is 23.4 Å². The van der Waals surface area contributed by atoms with Gasteiger partial charge in [-0.25, -0.2) is 0 Å². The third kappa shape index (κ3) is 3.02. The zero-order valence-corrected chi connectivity index (χ0v) is 11.1. The van der Waals surface area contributed by atoms with Gasteiger partial charge in [-0.05, 0) is 38.7 Å². The van der Waals surface area contributed by atoms with Gasteiger partial charge < -0.3 is 5.32 Å². The van der Waals surface area contributed by atoms with Crippen LogP contribution in [0.3, 0.4) is 0 Å². The Bertz CT molecular complexity index is 537. The Kier molecular flexibility index (Phi) is 3.39. The molecule has 7 heteroatoms. The van der Waals surface area contributed by atoms with Crippen molar-refractivity contribution in [2.24, 2.45) is 5.92 Å². The van der Waals surface area contributed by atoms with E-state index in [4.69, 9.17) is 0 Å². The molecule has 1 aromatic carbocycles. The topological polar surface area (TPSA) is 55.2 Å². The molecule has 110 valence electrons. The van der Waals surface area contributed by atoms with Crippen LogP contribution in [0.2, 0.25) is 0 Å². The highest BCUT2D eigenvalue weighted by molar-refractivity contribution is 5.58. The van der Waals surface area contributed by atoms with E-state index in [2.05, 4.69) is 5.32 Å². The molecule has 0 aromatic heterocycles. The molecule has 2 rings (SSSR count). The first-order valence-electron chi connectivity index (χ1n) is 6.25. The minimum absolute atomic E-state index is 0.111. The average Bonchev–Trinajstić information content (AvgIpc) is 3.10. The molecule has 20 heavy (non-hydrogen) atoms. The van der Waals surface area contributed by atoms with Crippen molar-refractivity contribution < 1.29 is 18.1 Å². The number of nitro benzene ring substituents is 1. The number of halogens is 3. The largest absolute Gasteiger partial charge is 0.418 e. The van der Waals surface area contributed by atoms with Crippen molar-refractivity contribution in [2.75, 3.05) is 5.32 Å². The maximum atomic E-state index is 13.0. The molecule has 1 saturated carbocycles. The van der Waals surface area contributed by atoms with E-state index >= 15 is 0 Å². The zero-order valence-electron chi connectivity index (χ0n) is 11.1. The van der Waals surface area contributed by atoms with Crippen LogP contribution in [0.5, 0.6) is 0 Å². The molecule has 0 saturated heterocycles. The van der Waals surface area contributed by atoms with Crippen molar-refractivity contribution in [1.82, 2.24) is 0 Å². The quantitative estimate of drug-likeness (QED) is 0.667. The number of rotatable bonds is 4. The third-order valence-corrected chi connectivity index (χ3v) is 3.57. The number of anilines is 1. The van der Waals surface area contributed by atoms with Gasteiger partial charge in [0.25, 0.3) is 5.69 Å². The number of nitro groups is 1. The molecule has 0 heterocycles. The van der Waals surface area contributed by atoms with Crippen LogP contribution in [-0.2, 0) is 6.18 Å². The number of hydrogen-bond donors (Lipinski definition) is 1. The molecule has 0 atom stereocenters. The van der Waals surface area contributed by atoms with Crippen LogP contribution >= 0.6 is 0 Å². The van der Waals surface area contributed by atoms with Gasteiger partial charge in [0.15, 0.2) is 0 Å². The Labute approximate surface area is 114 Å². The highest BCUT2D eigenvalue weighted by Crippen LogP contribution is 2.44. The van der Waals surface area contributed by atoms with E-state index in [0.717, 1.165) is 25.0 Å². The van der Waals surface area contributed by atoms with Gasteiger partial charge in [0.1, 0.15) is 0 Å². The number of alkyl halides is 3. The van der Waals surface area contributed by atoms with E-state index in [0.29, 0.717) is 12.0 Å². The molecule has 0 aliphatic heterocycles. The number of hydrogen-bond acceptors (Lipinski definition) is 3. The van der Waals surface area contributed by atoms with Gasteiger partial charge >= 0.3 is 6.18 Å². The smallest absolute Gasteiger partial charge is 0.379 e. The van der Waals surface area contributed by atoms with E-state index in [1.165, 1.54) is 0 Å². The van der Waals surface area contributed by atoms with Gasteiger partial charge in [-0.3, -0.25) is 10.1 Å². The Balaban J connectivity index is 2.39. The Morgan fingerprint density at radius 2 is 1.90 bits per heavy atom. The summed E-state index contributed by atoms with van der Waals surface area (Å²) in [4.78, 5) is 9.78. The SMILES string of the molecule is CC(C)(Nc1ccc([N+](=O)[O-])cc1C(F)(F)F)C1CC1. The van der Waals surface area contributed by atoms with Crippen LogP contribution in [0.15, 0.2) is 18.2 Å². The van der Waals surface area contributed by atoms with Crippen molar-refractivity contribution >= 4 is 11.4 Å². The van der Waals surface area contributed by atoms with Crippen LogP contribution in [0, 0.1) is 16.0 Å². The molecule has 0 spiro atoms. The Morgan fingerprint density at radius 3 is 2.35 bits per heavy atom. The minimum atomic E-state index is -4.63. The van der Waals surface area contributed by atoms with E-state index in [1.807, 2.05) is 13.8 Å². The summed E-state index contributed by atoms with van der Waals surface area (Å²) in [6.07, 6.45) is -2.67. The zero-order chi connectivity index (χ0) is 15.1. The van der Waals surface area contributed by atoms with Crippen molar-refractivity contribution in [2.45, 2.75) is 38.4 Å². The molecular weight excluding hydrogens is 273 g/mol. The molecule has 1 fully saturated rings. The van der Waals surface area contributed by atoms with Crippen LogP contribution in [0.1, 0.15) is 32.3 Å². The van der Waals surface area contributed by atoms with Crippen molar-refractivity contribution in [3.63, 3.8) is 0 Å². The minimum Gasteiger partial charge on any atom is -0.379 e.